The summed E-state index contributed by atoms with van der Waals surface area (Å²) in [6.07, 6.45) is 1.41. The van der Waals surface area contributed by atoms with Gasteiger partial charge in [0, 0.05) is 10.6 Å². The van der Waals surface area contributed by atoms with Crippen LogP contribution in [0, 0.1) is 0 Å². The van der Waals surface area contributed by atoms with Crippen molar-refractivity contribution >= 4 is 39.4 Å². The molecule has 0 unspecified atom stereocenters. The van der Waals surface area contributed by atoms with Crippen LogP contribution in [0.1, 0.15) is 12.5 Å². The summed E-state index contributed by atoms with van der Waals surface area (Å²) in [5, 5.41) is 4.38. The van der Waals surface area contributed by atoms with Crippen molar-refractivity contribution in [1.29, 1.82) is 0 Å². The summed E-state index contributed by atoms with van der Waals surface area (Å²) in [6, 6.07) is 17.6. The summed E-state index contributed by atoms with van der Waals surface area (Å²) < 4.78 is 44.9. The van der Waals surface area contributed by atoms with Gasteiger partial charge in [0.2, 0.25) is 0 Å². The molecule has 0 fully saturated rings. The molecule has 0 saturated carbocycles. The van der Waals surface area contributed by atoms with E-state index in [4.69, 9.17) is 25.8 Å². The van der Waals surface area contributed by atoms with Gasteiger partial charge in [-0.3, -0.25) is 9.10 Å². The lowest BCUT2D eigenvalue weighted by Crippen LogP contribution is -2.39. The second-order valence-electron chi connectivity index (χ2n) is 7.53. The van der Waals surface area contributed by atoms with Gasteiger partial charge in [0.15, 0.2) is 11.5 Å². The molecule has 1 aliphatic heterocycles. The lowest BCUT2D eigenvalue weighted by atomic mass is 10.2. The summed E-state index contributed by atoms with van der Waals surface area (Å²) >= 11 is 5.94. The highest BCUT2D eigenvalue weighted by molar-refractivity contribution is 7.92. The number of fused-ring (bicyclic) bond motifs is 1. The van der Waals surface area contributed by atoms with E-state index in [-0.39, 0.29) is 10.6 Å². The Hall–Kier alpha value is -3.76. The van der Waals surface area contributed by atoms with Gasteiger partial charge in [-0.05, 0) is 55.5 Å². The molecular weight excluding hydrogens is 506 g/mol. The van der Waals surface area contributed by atoms with E-state index >= 15 is 0 Å². The fourth-order valence-electron chi connectivity index (χ4n) is 3.51. The number of benzene rings is 3. The molecule has 1 aliphatic rings. The zero-order valence-electron chi connectivity index (χ0n) is 19.4. The molecule has 0 radical (unpaired) electrons. The van der Waals surface area contributed by atoms with Crippen LogP contribution >= 0.6 is 11.6 Å². The number of nitrogens with one attached hydrogen (secondary N) is 1. The molecule has 36 heavy (non-hydrogen) atoms. The minimum atomic E-state index is -4.15. The number of nitrogens with zero attached hydrogens (tertiary/aromatic N) is 2. The van der Waals surface area contributed by atoms with Crippen molar-refractivity contribution in [1.82, 2.24) is 5.43 Å². The van der Waals surface area contributed by atoms with Crippen molar-refractivity contribution in [2.75, 3.05) is 30.7 Å². The summed E-state index contributed by atoms with van der Waals surface area (Å²) in [7, 11) is -4.15. The molecule has 11 heteroatoms. The highest BCUT2D eigenvalue weighted by atomic mass is 35.5. The predicted octanol–water partition coefficient (Wildman–Crippen LogP) is 3.86. The van der Waals surface area contributed by atoms with Crippen LogP contribution < -0.4 is 23.9 Å². The summed E-state index contributed by atoms with van der Waals surface area (Å²) in [4.78, 5) is 12.8. The fourth-order valence-corrected chi connectivity index (χ4v) is 5.07. The molecule has 4 rings (SSSR count). The first kappa shape index (κ1) is 25.3. The number of rotatable bonds is 9. The second kappa shape index (κ2) is 11.3. The number of ether oxygens (including phenoxy) is 3. The topological polar surface area (TPSA) is 107 Å². The number of halogens is 1. The van der Waals surface area contributed by atoms with E-state index in [9.17, 15) is 13.2 Å². The highest BCUT2D eigenvalue weighted by Crippen LogP contribution is 2.33. The summed E-state index contributed by atoms with van der Waals surface area (Å²) in [6.45, 7) is 2.41. The van der Waals surface area contributed by atoms with Crippen LogP contribution in [0.4, 0.5) is 5.69 Å². The predicted molar refractivity (Wildman–Crippen MR) is 137 cm³/mol. The molecule has 0 spiro atoms. The quantitative estimate of drug-likeness (QED) is 0.333. The average Bonchev–Trinajstić information content (AvgIpc) is 2.88. The number of carbonyl (C=O) groups is 1. The van der Waals surface area contributed by atoms with Crippen molar-refractivity contribution in [3.05, 3.63) is 77.3 Å². The number of hydrogen-bond acceptors (Lipinski definition) is 7. The first-order chi connectivity index (χ1) is 17.4. The molecule has 1 amide bonds. The van der Waals surface area contributed by atoms with Crippen LogP contribution in [0.15, 0.2) is 76.7 Å². The summed E-state index contributed by atoms with van der Waals surface area (Å²) in [5.41, 5.74) is 3.22. The van der Waals surface area contributed by atoms with Gasteiger partial charge in [-0.25, -0.2) is 13.8 Å². The summed E-state index contributed by atoms with van der Waals surface area (Å²) in [5.74, 6) is 0.780. The third kappa shape index (κ3) is 5.72. The van der Waals surface area contributed by atoms with Crippen LogP contribution in [-0.4, -0.2) is 46.9 Å². The van der Waals surface area contributed by atoms with Gasteiger partial charge in [0.1, 0.15) is 25.5 Å². The number of hydrogen-bond donors (Lipinski definition) is 1. The van der Waals surface area contributed by atoms with Gasteiger partial charge in [0.05, 0.1) is 23.4 Å². The van der Waals surface area contributed by atoms with E-state index in [0.29, 0.717) is 47.7 Å². The molecule has 9 nitrogen and oxygen atoms in total. The molecule has 0 saturated heterocycles. The largest absolute Gasteiger partial charge is 0.492 e. The zero-order valence-corrected chi connectivity index (χ0v) is 21.0. The van der Waals surface area contributed by atoms with Gasteiger partial charge < -0.3 is 14.2 Å². The lowest BCUT2D eigenvalue weighted by molar-refractivity contribution is -0.119. The SMILES string of the molecule is CCOc1ccccc1N(CC(=O)N/N=C\c1cccc2c1OCCO2)S(=O)(=O)c1ccc(Cl)cc1. The molecule has 3 aromatic carbocycles. The molecule has 1 N–H and O–H groups in total. The Labute approximate surface area is 214 Å². The molecule has 0 aromatic heterocycles. The number of sulfonamides is 1. The van der Waals surface area contributed by atoms with E-state index in [1.54, 1.807) is 49.4 Å². The van der Waals surface area contributed by atoms with Crippen molar-refractivity contribution in [2.45, 2.75) is 11.8 Å². The van der Waals surface area contributed by atoms with Gasteiger partial charge in [-0.2, -0.15) is 5.10 Å². The smallest absolute Gasteiger partial charge is 0.264 e. The minimum Gasteiger partial charge on any atom is -0.492 e. The molecule has 0 atom stereocenters. The van der Waals surface area contributed by atoms with E-state index in [2.05, 4.69) is 10.5 Å². The second-order valence-corrected chi connectivity index (χ2v) is 9.83. The Morgan fingerprint density at radius 2 is 1.83 bits per heavy atom. The third-order valence-electron chi connectivity index (χ3n) is 5.11. The van der Waals surface area contributed by atoms with Crippen molar-refractivity contribution in [2.24, 2.45) is 5.10 Å². The van der Waals surface area contributed by atoms with Crippen LogP contribution in [0.3, 0.4) is 0 Å². The van der Waals surface area contributed by atoms with Crippen molar-refractivity contribution in [3.63, 3.8) is 0 Å². The number of carbonyl (C=O) groups excluding carboxylic acids is 1. The maximum Gasteiger partial charge on any atom is 0.264 e. The maximum atomic E-state index is 13.6. The van der Waals surface area contributed by atoms with Crippen LogP contribution in [0.25, 0.3) is 0 Å². The third-order valence-corrected chi connectivity index (χ3v) is 7.14. The number of para-hydroxylation sites is 3. The Morgan fingerprint density at radius 3 is 2.61 bits per heavy atom. The molecular formula is C25H24ClN3O6S. The number of amides is 1. The molecule has 188 valence electrons. The average molecular weight is 530 g/mol. The first-order valence-electron chi connectivity index (χ1n) is 11.1. The molecule has 1 heterocycles. The minimum absolute atomic E-state index is 0.0254. The Bertz CT molecular complexity index is 1360. The van der Waals surface area contributed by atoms with Gasteiger partial charge in [-0.15, -0.1) is 0 Å². The Morgan fingerprint density at radius 1 is 1.08 bits per heavy atom. The Balaban J connectivity index is 1.59. The zero-order chi connectivity index (χ0) is 25.5. The fraction of sp³-hybridized carbons (Fsp3) is 0.200. The van der Waals surface area contributed by atoms with Gasteiger partial charge in [-0.1, -0.05) is 29.8 Å². The molecule has 0 bridgehead atoms. The van der Waals surface area contributed by atoms with E-state index in [1.165, 1.54) is 30.5 Å². The van der Waals surface area contributed by atoms with Crippen LogP contribution in [0.2, 0.25) is 5.02 Å². The van der Waals surface area contributed by atoms with E-state index in [0.717, 1.165) is 4.31 Å². The maximum absolute atomic E-state index is 13.6. The lowest BCUT2D eigenvalue weighted by Gasteiger charge is -2.25. The number of hydrazone groups is 1. The normalized spacial score (nSPS) is 12.8. The monoisotopic (exact) mass is 529 g/mol. The standard InChI is InChI=1S/C25H24ClN3O6S/c1-2-33-22-8-4-3-7-21(22)29(36(31,32)20-12-10-19(26)11-13-20)17-24(30)28-27-16-18-6-5-9-23-25(18)35-15-14-34-23/h3-13,16H,2,14-15,17H2,1H3,(H,28,30)/b27-16-. The van der Waals surface area contributed by atoms with Crippen molar-refractivity contribution < 1.29 is 27.4 Å². The van der Waals surface area contributed by atoms with Gasteiger partial charge in [0.25, 0.3) is 15.9 Å². The molecule has 0 aliphatic carbocycles. The van der Waals surface area contributed by atoms with E-state index in [1.807, 2.05) is 0 Å². The first-order valence-corrected chi connectivity index (χ1v) is 12.9. The number of anilines is 1. The van der Waals surface area contributed by atoms with Gasteiger partial charge >= 0.3 is 0 Å². The molecule has 3 aromatic rings. The van der Waals surface area contributed by atoms with Crippen LogP contribution in [-0.2, 0) is 14.8 Å². The highest BCUT2D eigenvalue weighted by Gasteiger charge is 2.29. The van der Waals surface area contributed by atoms with Crippen LogP contribution in [0.5, 0.6) is 17.2 Å². The van der Waals surface area contributed by atoms with E-state index < -0.39 is 22.5 Å². The van der Waals surface area contributed by atoms with Crippen molar-refractivity contribution in [3.8, 4) is 17.2 Å². The Kier molecular flexibility index (Phi) is 7.97.